The fourth-order valence-corrected chi connectivity index (χ4v) is 3.86. The predicted octanol–water partition coefficient (Wildman–Crippen LogP) is 6.18. The van der Waals surface area contributed by atoms with Crippen molar-refractivity contribution in [2.75, 3.05) is 0 Å². The van der Waals surface area contributed by atoms with Gasteiger partial charge in [0.25, 0.3) is 0 Å². The summed E-state index contributed by atoms with van der Waals surface area (Å²) in [5, 5.41) is 14.6. The highest BCUT2D eigenvalue weighted by Gasteiger charge is 2.37. The van der Waals surface area contributed by atoms with Gasteiger partial charge in [0.2, 0.25) is 0 Å². The summed E-state index contributed by atoms with van der Waals surface area (Å²) in [6.45, 7) is 4.40. The molecule has 0 saturated heterocycles. The van der Waals surface area contributed by atoms with Crippen molar-refractivity contribution < 1.29 is 5.11 Å². The lowest BCUT2D eigenvalue weighted by Crippen LogP contribution is -2.45. The molecule has 0 spiro atoms. The number of hydrogen-bond donors (Lipinski definition) is 2. The molecule has 140 valence electrons. The summed E-state index contributed by atoms with van der Waals surface area (Å²) in [6.07, 6.45) is 3.09. The van der Waals surface area contributed by atoms with Crippen LogP contribution < -0.4 is 5.32 Å². The van der Waals surface area contributed by atoms with Crippen LogP contribution in [0.4, 0.5) is 0 Å². The molecule has 2 atom stereocenters. The number of para-hydroxylation sites is 1. The first-order valence-electron chi connectivity index (χ1n) is 9.84. The molecule has 0 aliphatic heterocycles. The van der Waals surface area contributed by atoms with Gasteiger partial charge < -0.3 is 5.11 Å². The highest BCUT2D eigenvalue weighted by atomic mass is 16.3. The Morgan fingerprint density at radius 3 is 2.07 bits per heavy atom. The van der Waals surface area contributed by atoms with E-state index in [-0.39, 0.29) is 6.04 Å². The third kappa shape index (κ3) is 4.23. The first-order valence-corrected chi connectivity index (χ1v) is 9.84. The van der Waals surface area contributed by atoms with Crippen LogP contribution in [0.2, 0.25) is 0 Å². The van der Waals surface area contributed by atoms with E-state index in [0.717, 1.165) is 24.8 Å². The lowest BCUT2D eigenvalue weighted by Gasteiger charge is -2.39. The summed E-state index contributed by atoms with van der Waals surface area (Å²) in [7, 11) is 0. The third-order valence-electron chi connectivity index (χ3n) is 5.30. The maximum atomic E-state index is 10.8. The number of rotatable bonds is 8. The van der Waals surface area contributed by atoms with E-state index in [9.17, 15) is 5.11 Å². The number of phenols is 1. The molecule has 2 N–H and O–H groups in total. The van der Waals surface area contributed by atoms with Crippen LogP contribution in [0.15, 0.2) is 84.9 Å². The molecular weight excluding hydrogens is 330 g/mol. The molecule has 0 bridgehead atoms. The maximum absolute atomic E-state index is 10.8. The van der Waals surface area contributed by atoms with Crippen LogP contribution in [0, 0.1) is 0 Å². The zero-order valence-electron chi connectivity index (χ0n) is 16.2. The summed E-state index contributed by atoms with van der Waals surface area (Å²) in [5.74, 6) is 0.338. The van der Waals surface area contributed by atoms with Crippen molar-refractivity contribution in [3.8, 4) is 5.75 Å². The van der Waals surface area contributed by atoms with Crippen molar-refractivity contribution in [1.82, 2.24) is 5.32 Å². The molecule has 0 aromatic heterocycles. The average molecular weight is 360 g/mol. The molecule has 0 fully saturated rings. The first kappa shape index (κ1) is 19.2. The molecule has 27 heavy (non-hydrogen) atoms. The Labute approximate surface area is 162 Å². The average Bonchev–Trinajstić information content (AvgIpc) is 2.73. The second-order valence-corrected chi connectivity index (χ2v) is 7.17. The van der Waals surface area contributed by atoms with Gasteiger partial charge >= 0.3 is 0 Å². The van der Waals surface area contributed by atoms with Crippen molar-refractivity contribution in [3.05, 3.63) is 102 Å². The fraction of sp³-hybridized carbons (Fsp3) is 0.280. The molecule has 0 unspecified atom stereocenters. The molecule has 0 aliphatic carbocycles. The molecule has 3 aromatic carbocycles. The number of unbranched alkanes of at least 4 members (excludes halogenated alkanes) is 1. The van der Waals surface area contributed by atoms with Crippen molar-refractivity contribution in [2.45, 2.75) is 44.7 Å². The number of phenolic OH excluding ortho intramolecular Hbond substituents is 1. The normalized spacial score (nSPS) is 14.4. The minimum atomic E-state index is -0.447. The number of benzene rings is 3. The molecule has 2 nitrogen and oxygen atoms in total. The van der Waals surface area contributed by atoms with Gasteiger partial charge in [0.15, 0.2) is 0 Å². The van der Waals surface area contributed by atoms with Gasteiger partial charge in [-0.1, -0.05) is 98.6 Å². The second-order valence-electron chi connectivity index (χ2n) is 7.17. The Morgan fingerprint density at radius 2 is 1.44 bits per heavy atom. The molecule has 0 saturated carbocycles. The minimum Gasteiger partial charge on any atom is -0.508 e. The van der Waals surface area contributed by atoms with Crippen LogP contribution in [0.25, 0.3) is 0 Å². The van der Waals surface area contributed by atoms with E-state index in [4.69, 9.17) is 0 Å². The number of aromatic hydroxyl groups is 1. The van der Waals surface area contributed by atoms with Crippen molar-refractivity contribution in [2.24, 2.45) is 0 Å². The zero-order chi connectivity index (χ0) is 19.1. The molecule has 2 heteroatoms. The third-order valence-corrected chi connectivity index (χ3v) is 5.30. The lowest BCUT2D eigenvalue weighted by atomic mass is 9.77. The zero-order valence-corrected chi connectivity index (χ0v) is 16.2. The SMILES string of the molecule is CCCC[C@@](N[C@H](C)c1ccccc1)(c1ccccc1)c1ccccc1O. The van der Waals surface area contributed by atoms with E-state index in [1.54, 1.807) is 6.07 Å². The fourth-order valence-electron chi connectivity index (χ4n) is 3.86. The van der Waals surface area contributed by atoms with Crippen molar-refractivity contribution in [3.63, 3.8) is 0 Å². The Hall–Kier alpha value is -2.58. The minimum absolute atomic E-state index is 0.142. The summed E-state index contributed by atoms with van der Waals surface area (Å²) in [6, 6.07) is 28.9. The van der Waals surface area contributed by atoms with Crippen molar-refractivity contribution in [1.29, 1.82) is 0 Å². The standard InChI is InChI=1S/C25H29NO/c1-3-4-19-25(22-15-9-6-10-16-22,23-17-11-12-18-24(23)27)26-20(2)21-13-7-5-8-14-21/h5-18,20,26-27H,3-4,19H2,1-2H3/t20-,25-/m1/s1. The van der Waals surface area contributed by atoms with Crippen LogP contribution in [0.5, 0.6) is 5.75 Å². The Morgan fingerprint density at radius 1 is 0.852 bits per heavy atom. The van der Waals surface area contributed by atoms with Gasteiger partial charge in [0.05, 0.1) is 5.54 Å². The Balaban J connectivity index is 2.12. The molecular formula is C25H29NO. The van der Waals surface area contributed by atoms with E-state index in [1.807, 2.05) is 30.3 Å². The van der Waals surface area contributed by atoms with Crippen LogP contribution >= 0.6 is 0 Å². The first-order chi connectivity index (χ1) is 13.2. The van der Waals surface area contributed by atoms with Gasteiger partial charge in [-0.15, -0.1) is 0 Å². The van der Waals surface area contributed by atoms with Crippen LogP contribution in [0.1, 0.15) is 55.8 Å². The van der Waals surface area contributed by atoms with Gasteiger partial charge in [-0.05, 0) is 30.5 Å². The number of nitrogens with one attached hydrogen (secondary N) is 1. The van der Waals surface area contributed by atoms with Gasteiger partial charge in [0, 0.05) is 11.6 Å². The number of hydrogen-bond acceptors (Lipinski definition) is 2. The Kier molecular flexibility index (Phi) is 6.31. The van der Waals surface area contributed by atoms with E-state index in [2.05, 4.69) is 67.7 Å². The molecule has 0 radical (unpaired) electrons. The van der Waals surface area contributed by atoms with Crippen molar-refractivity contribution >= 4 is 0 Å². The Bertz CT molecular complexity index is 831. The maximum Gasteiger partial charge on any atom is 0.120 e. The topological polar surface area (TPSA) is 32.3 Å². The monoisotopic (exact) mass is 359 g/mol. The highest BCUT2D eigenvalue weighted by Crippen LogP contribution is 2.41. The quantitative estimate of drug-likeness (QED) is 0.503. The van der Waals surface area contributed by atoms with Gasteiger partial charge in [-0.2, -0.15) is 0 Å². The van der Waals surface area contributed by atoms with Gasteiger partial charge in [-0.25, -0.2) is 0 Å². The molecule has 0 amide bonds. The van der Waals surface area contributed by atoms with E-state index in [0.29, 0.717) is 5.75 Å². The smallest absolute Gasteiger partial charge is 0.120 e. The van der Waals surface area contributed by atoms with E-state index >= 15 is 0 Å². The molecule has 3 aromatic rings. The molecule has 3 rings (SSSR count). The molecule has 0 aliphatic rings. The van der Waals surface area contributed by atoms with Crippen LogP contribution in [0.3, 0.4) is 0 Å². The highest BCUT2D eigenvalue weighted by molar-refractivity contribution is 5.46. The largest absolute Gasteiger partial charge is 0.508 e. The van der Waals surface area contributed by atoms with E-state index in [1.165, 1.54) is 11.1 Å². The van der Waals surface area contributed by atoms with Gasteiger partial charge in [0.1, 0.15) is 5.75 Å². The lowest BCUT2D eigenvalue weighted by molar-refractivity contribution is 0.313. The van der Waals surface area contributed by atoms with Gasteiger partial charge in [-0.3, -0.25) is 5.32 Å². The predicted molar refractivity (Wildman–Crippen MR) is 113 cm³/mol. The summed E-state index contributed by atoms with van der Waals surface area (Å²) < 4.78 is 0. The van der Waals surface area contributed by atoms with Crippen LogP contribution in [-0.2, 0) is 5.54 Å². The molecule has 0 heterocycles. The second kappa shape index (κ2) is 8.88. The summed E-state index contributed by atoms with van der Waals surface area (Å²) in [5.41, 5.74) is 2.91. The summed E-state index contributed by atoms with van der Waals surface area (Å²) >= 11 is 0. The van der Waals surface area contributed by atoms with Crippen LogP contribution in [-0.4, -0.2) is 5.11 Å². The summed E-state index contributed by atoms with van der Waals surface area (Å²) in [4.78, 5) is 0. The van der Waals surface area contributed by atoms with E-state index < -0.39 is 5.54 Å².